The number of benzene rings is 2. The molecule has 110 valence electrons. The van der Waals surface area contributed by atoms with Crippen LogP contribution in [0, 0.1) is 6.92 Å². The Labute approximate surface area is 128 Å². The van der Waals surface area contributed by atoms with E-state index in [0.29, 0.717) is 16.3 Å². The summed E-state index contributed by atoms with van der Waals surface area (Å²) in [5.74, 6) is -0.324. The Morgan fingerprint density at radius 3 is 2.24 bits per heavy atom. The zero-order chi connectivity index (χ0) is 15.6. The molecule has 0 aliphatic heterocycles. The van der Waals surface area contributed by atoms with Gasteiger partial charge in [0.15, 0.2) is 9.84 Å². The first kappa shape index (κ1) is 15.5. The SMILES string of the molecule is Cc1ccc(NC(=O)c2ccc(S(C)(=O)=O)cc2)cc1Cl. The fourth-order valence-corrected chi connectivity index (χ4v) is 2.54. The quantitative estimate of drug-likeness (QED) is 0.942. The number of nitrogens with one attached hydrogen (secondary N) is 1. The lowest BCUT2D eigenvalue weighted by atomic mass is 10.2. The van der Waals surface area contributed by atoms with Crippen LogP contribution in [0.1, 0.15) is 15.9 Å². The molecule has 0 fully saturated rings. The summed E-state index contributed by atoms with van der Waals surface area (Å²) in [4.78, 5) is 12.2. The van der Waals surface area contributed by atoms with E-state index in [-0.39, 0.29) is 10.8 Å². The van der Waals surface area contributed by atoms with Crippen molar-refractivity contribution in [1.82, 2.24) is 0 Å². The molecule has 0 aliphatic rings. The number of aryl methyl sites for hydroxylation is 1. The van der Waals surface area contributed by atoms with Crippen LogP contribution in [0.25, 0.3) is 0 Å². The zero-order valence-corrected chi connectivity index (χ0v) is 13.1. The highest BCUT2D eigenvalue weighted by Gasteiger charge is 2.10. The van der Waals surface area contributed by atoms with Crippen LogP contribution < -0.4 is 5.32 Å². The second-order valence-corrected chi connectivity index (χ2v) is 7.14. The second-order valence-electron chi connectivity index (χ2n) is 4.71. The molecule has 2 rings (SSSR count). The Hall–Kier alpha value is -1.85. The van der Waals surface area contributed by atoms with Gasteiger partial charge in [-0.05, 0) is 48.9 Å². The van der Waals surface area contributed by atoms with Crippen LogP contribution in [0.5, 0.6) is 0 Å². The van der Waals surface area contributed by atoms with E-state index in [1.54, 1.807) is 12.1 Å². The monoisotopic (exact) mass is 323 g/mol. The van der Waals surface area contributed by atoms with Crippen molar-refractivity contribution in [1.29, 1.82) is 0 Å². The molecule has 0 saturated heterocycles. The number of anilines is 1. The zero-order valence-electron chi connectivity index (χ0n) is 11.6. The predicted molar refractivity (Wildman–Crippen MR) is 83.7 cm³/mol. The molecular weight excluding hydrogens is 310 g/mol. The first-order chi connectivity index (χ1) is 9.77. The van der Waals surface area contributed by atoms with Gasteiger partial charge in [-0.1, -0.05) is 17.7 Å². The molecule has 0 aromatic heterocycles. The minimum absolute atomic E-state index is 0.178. The van der Waals surface area contributed by atoms with Gasteiger partial charge in [0.1, 0.15) is 0 Å². The van der Waals surface area contributed by atoms with E-state index >= 15 is 0 Å². The number of hydrogen-bond donors (Lipinski definition) is 1. The Balaban J connectivity index is 2.18. The Bertz CT molecular complexity index is 783. The van der Waals surface area contributed by atoms with Crippen LogP contribution in [0.4, 0.5) is 5.69 Å². The lowest BCUT2D eigenvalue weighted by Gasteiger charge is -2.07. The minimum Gasteiger partial charge on any atom is -0.322 e. The predicted octanol–water partition coefficient (Wildman–Crippen LogP) is 3.30. The van der Waals surface area contributed by atoms with Gasteiger partial charge < -0.3 is 5.32 Å². The largest absolute Gasteiger partial charge is 0.322 e. The maximum atomic E-state index is 12.1. The molecule has 0 atom stereocenters. The molecule has 1 N–H and O–H groups in total. The third-order valence-corrected chi connectivity index (χ3v) is 4.51. The Morgan fingerprint density at radius 2 is 1.71 bits per heavy atom. The van der Waals surface area contributed by atoms with E-state index in [2.05, 4.69) is 5.32 Å². The van der Waals surface area contributed by atoms with Crippen molar-refractivity contribution in [3.63, 3.8) is 0 Å². The lowest BCUT2D eigenvalue weighted by Crippen LogP contribution is -2.12. The van der Waals surface area contributed by atoms with Crippen LogP contribution in [0.15, 0.2) is 47.4 Å². The van der Waals surface area contributed by atoms with Crippen LogP contribution in [-0.4, -0.2) is 20.6 Å². The van der Waals surface area contributed by atoms with Crippen molar-refractivity contribution in [2.24, 2.45) is 0 Å². The van der Waals surface area contributed by atoms with Crippen LogP contribution in [-0.2, 0) is 9.84 Å². The molecule has 0 radical (unpaired) electrons. The van der Waals surface area contributed by atoms with Gasteiger partial charge >= 0.3 is 0 Å². The van der Waals surface area contributed by atoms with Gasteiger partial charge in [0.05, 0.1) is 4.90 Å². The first-order valence-corrected chi connectivity index (χ1v) is 8.42. The number of hydrogen-bond acceptors (Lipinski definition) is 3. The van der Waals surface area contributed by atoms with Crippen LogP contribution in [0.3, 0.4) is 0 Å². The van der Waals surface area contributed by atoms with Gasteiger partial charge in [-0.3, -0.25) is 4.79 Å². The maximum Gasteiger partial charge on any atom is 0.255 e. The van der Waals surface area contributed by atoms with Crippen molar-refractivity contribution in [3.05, 3.63) is 58.6 Å². The van der Waals surface area contributed by atoms with Gasteiger partial charge in [0.2, 0.25) is 0 Å². The van der Waals surface area contributed by atoms with E-state index in [1.807, 2.05) is 13.0 Å². The van der Waals surface area contributed by atoms with Crippen molar-refractivity contribution in [2.45, 2.75) is 11.8 Å². The van der Waals surface area contributed by atoms with E-state index in [0.717, 1.165) is 11.8 Å². The second kappa shape index (κ2) is 5.87. The normalized spacial score (nSPS) is 11.2. The molecule has 0 unspecified atom stereocenters. The molecule has 0 saturated carbocycles. The molecule has 0 spiro atoms. The highest BCUT2D eigenvalue weighted by Crippen LogP contribution is 2.20. The molecule has 0 heterocycles. The van der Waals surface area contributed by atoms with E-state index in [9.17, 15) is 13.2 Å². The summed E-state index contributed by atoms with van der Waals surface area (Å²) >= 11 is 6.00. The number of carbonyl (C=O) groups excluding carboxylic acids is 1. The smallest absolute Gasteiger partial charge is 0.255 e. The molecule has 6 heteroatoms. The van der Waals surface area contributed by atoms with Crippen LogP contribution >= 0.6 is 11.6 Å². The van der Waals surface area contributed by atoms with Crippen molar-refractivity contribution in [2.75, 3.05) is 11.6 Å². The van der Waals surface area contributed by atoms with E-state index in [1.165, 1.54) is 24.3 Å². The van der Waals surface area contributed by atoms with Gasteiger partial charge in [-0.2, -0.15) is 0 Å². The molecule has 2 aromatic rings. The molecule has 0 aliphatic carbocycles. The van der Waals surface area contributed by atoms with Gasteiger partial charge in [-0.15, -0.1) is 0 Å². The summed E-state index contributed by atoms with van der Waals surface area (Å²) < 4.78 is 22.7. The van der Waals surface area contributed by atoms with Crippen molar-refractivity contribution < 1.29 is 13.2 Å². The van der Waals surface area contributed by atoms with E-state index in [4.69, 9.17) is 11.6 Å². The average Bonchev–Trinajstić information content (AvgIpc) is 2.42. The van der Waals surface area contributed by atoms with Crippen molar-refractivity contribution >= 4 is 33.0 Å². The lowest BCUT2D eigenvalue weighted by molar-refractivity contribution is 0.102. The Kier molecular flexibility index (Phi) is 4.34. The summed E-state index contributed by atoms with van der Waals surface area (Å²) in [5, 5.41) is 3.28. The standard InChI is InChI=1S/C15H14ClNO3S/c1-10-3-6-12(9-14(10)16)17-15(18)11-4-7-13(8-5-11)21(2,19)20/h3-9H,1-2H3,(H,17,18). The molecule has 0 bridgehead atoms. The highest BCUT2D eigenvalue weighted by atomic mass is 35.5. The average molecular weight is 324 g/mol. The summed E-state index contributed by atoms with van der Waals surface area (Å²) in [6.45, 7) is 1.87. The number of amides is 1. The third-order valence-electron chi connectivity index (χ3n) is 2.97. The minimum atomic E-state index is -3.26. The summed E-state index contributed by atoms with van der Waals surface area (Å²) in [6, 6.07) is 11.0. The number of sulfone groups is 1. The van der Waals surface area contributed by atoms with Gasteiger partial charge in [-0.25, -0.2) is 8.42 Å². The van der Waals surface area contributed by atoms with E-state index < -0.39 is 9.84 Å². The summed E-state index contributed by atoms with van der Waals surface area (Å²) in [6.07, 6.45) is 1.12. The van der Waals surface area contributed by atoms with Gasteiger partial charge in [0.25, 0.3) is 5.91 Å². The summed E-state index contributed by atoms with van der Waals surface area (Å²) in [5.41, 5.74) is 1.88. The molecule has 4 nitrogen and oxygen atoms in total. The fourth-order valence-electron chi connectivity index (χ4n) is 1.73. The van der Waals surface area contributed by atoms with Crippen molar-refractivity contribution in [3.8, 4) is 0 Å². The number of carbonyl (C=O) groups is 1. The number of halogens is 1. The first-order valence-electron chi connectivity index (χ1n) is 6.15. The molecule has 1 amide bonds. The molecular formula is C15H14ClNO3S. The molecule has 2 aromatic carbocycles. The molecule has 21 heavy (non-hydrogen) atoms. The maximum absolute atomic E-state index is 12.1. The fraction of sp³-hybridized carbons (Fsp3) is 0.133. The Morgan fingerprint density at radius 1 is 1.10 bits per heavy atom. The van der Waals surface area contributed by atoms with Crippen LogP contribution in [0.2, 0.25) is 5.02 Å². The number of rotatable bonds is 3. The summed E-state index contributed by atoms with van der Waals surface area (Å²) in [7, 11) is -3.26. The third kappa shape index (κ3) is 3.83. The van der Waals surface area contributed by atoms with Gasteiger partial charge in [0, 0.05) is 22.5 Å². The topological polar surface area (TPSA) is 63.2 Å². The highest BCUT2D eigenvalue weighted by molar-refractivity contribution is 7.90.